The van der Waals surface area contributed by atoms with Crippen LogP contribution < -0.4 is 5.73 Å². The monoisotopic (exact) mass is 324 g/mol. The van der Waals surface area contributed by atoms with Gasteiger partial charge in [0, 0.05) is 24.3 Å². The molecule has 0 fully saturated rings. The Labute approximate surface area is 130 Å². The van der Waals surface area contributed by atoms with E-state index in [1.165, 1.54) is 11.4 Å². The van der Waals surface area contributed by atoms with Gasteiger partial charge < -0.3 is 5.73 Å². The number of benzene rings is 2. The molecule has 0 unspecified atom stereocenters. The summed E-state index contributed by atoms with van der Waals surface area (Å²) in [5.74, 6) is -0.124. The van der Waals surface area contributed by atoms with Crippen molar-refractivity contribution in [3.63, 3.8) is 0 Å². The van der Waals surface area contributed by atoms with Crippen molar-refractivity contribution in [1.82, 2.24) is 4.31 Å². The summed E-state index contributed by atoms with van der Waals surface area (Å²) in [6.07, 6.45) is 0. The lowest BCUT2D eigenvalue weighted by molar-refractivity contribution is 0.466. The molecule has 0 heterocycles. The summed E-state index contributed by atoms with van der Waals surface area (Å²) >= 11 is 6.06. The highest BCUT2D eigenvalue weighted by Crippen LogP contribution is 2.20. The van der Waals surface area contributed by atoms with Crippen LogP contribution in [0.4, 0.5) is 5.69 Å². The molecule has 0 aliphatic rings. The fourth-order valence-corrected chi connectivity index (χ4v) is 3.34. The van der Waals surface area contributed by atoms with Gasteiger partial charge >= 0.3 is 0 Å². The lowest BCUT2D eigenvalue weighted by atomic mass is 10.2. The van der Waals surface area contributed by atoms with Crippen LogP contribution in [0.1, 0.15) is 11.1 Å². The molecule has 21 heavy (non-hydrogen) atoms. The molecular weight excluding hydrogens is 308 g/mol. The molecule has 0 radical (unpaired) electrons. The first-order valence-corrected chi connectivity index (χ1v) is 8.39. The predicted octanol–water partition coefficient (Wildman–Crippen LogP) is 2.88. The van der Waals surface area contributed by atoms with E-state index in [-0.39, 0.29) is 12.3 Å². The van der Waals surface area contributed by atoms with Crippen LogP contribution in [0, 0.1) is 0 Å². The standard InChI is InChI=1S/C15H17ClN2O2S/c1-18(10-12-6-2-4-8-14(12)16)21(19,20)11-13-7-3-5-9-15(13)17/h2-9H,10-11,17H2,1H3. The van der Waals surface area contributed by atoms with Gasteiger partial charge in [0.1, 0.15) is 0 Å². The Bertz CT molecular complexity index is 732. The SMILES string of the molecule is CN(Cc1ccccc1Cl)S(=O)(=O)Cc1ccccc1N. The van der Waals surface area contributed by atoms with Gasteiger partial charge in [-0.05, 0) is 23.3 Å². The number of nitrogen functional groups attached to an aromatic ring is 1. The van der Waals surface area contributed by atoms with Crippen LogP contribution in [0.3, 0.4) is 0 Å². The minimum absolute atomic E-state index is 0.124. The first kappa shape index (κ1) is 15.8. The summed E-state index contributed by atoms with van der Waals surface area (Å²) in [6, 6.07) is 14.2. The topological polar surface area (TPSA) is 63.4 Å². The Morgan fingerprint density at radius 2 is 1.62 bits per heavy atom. The number of nitrogens with two attached hydrogens (primary N) is 1. The second kappa shape index (κ2) is 6.47. The maximum absolute atomic E-state index is 12.4. The number of hydrogen-bond acceptors (Lipinski definition) is 3. The molecule has 0 aromatic heterocycles. The van der Waals surface area contributed by atoms with E-state index in [1.807, 2.05) is 18.2 Å². The highest BCUT2D eigenvalue weighted by molar-refractivity contribution is 7.88. The first-order chi connectivity index (χ1) is 9.90. The molecule has 0 aliphatic carbocycles. The van der Waals surface area contributed by atoms with Gasteiger partial charge in [0.2, 0.25) is 10.0 Å². The third-order valence-electron chi connectivity index (χ3n) is 3.22. The number of sulfonamides is 1. The summed E-state index contributed by atoms with van der Waals surface area (Å²) in [4.78, 5) is 0. The van der Waals surface area contributed by atoms with Crippen molar-refractivity contribution in [3.05, 3.63) is 64.7 Å². The zero-order valence-electron chi connectivity index (χ0n) is 11.7. The Morgan fingerprint density at radius 1 is 1.05 bits per heavy atom. The molecule has 6 heteroatoms. The van der Waals surface area contributed by atoms with Crippen LogP contribution in [0.5, 0.6) is 0 Å². The van der Waals surface area contributed by atoms with Gasteiger partial charge in [-0.3, -0.25) is 0 Å². The number of anilines is 1. The molecule has 0 bridgehead atoms. The molecule has 2 rings (SSSR count). The number of nitrogens with zero attached hydrogens (tertiary/aromatic N) is 1. The van der Waals surface area contributed by atoms with E-state index in [4.69, 9.17) is 17.3 Å². The Kier molecular flexibility index (Phi) is 4.88. The second-order valence-corrected chi connectivity index (χ2v) is 7.29. The Hall–Kier alpha value is -1.56. The maximum Gasteiger partial charge on any atom is 0.218 e. The summed E-state index contributed by atoms with van der Waals surface area (Å²) in [7, 11) is -1.92. The maximum atomic E-state index is 12.4. The zero-order chi connectivity index (χ0) is 15.5. The van der Waals surface area contributed by atoms with E-state index in [9.17, 15) is 8.42 Å². The lowest BCUT2D eigenvalue weighted by Gasteiger charge is -2.18. The fraction of sp³-hybridized carbons (Fsp3) is 0.200. The van der Waals surface area contributed by atoms with Crippen molar-refractivity contribution in [1.29, 1.82) is 0 Å². The molecule has 0 atom stereocenters. The van der Waals surface area contributed by atoms with E-state index in [0.29, 0.717) is 16.3 Å². The predicted molar refractivity (Wildman–Crippen MR) is 86.4 cm³/mol. The summed E-state index contributed by atoms with van der Waals surface area (Å²) in [5, 5.41) is 0.554. The van der Waals surface area contributed by atoms with Crippen molar-refractivity contribution in [2.75, 3.05) is 12.8 Å². The molecule has 112 valence electrons. The third-order valence-corrected chi connectivity index (χ3v) is 5.34. The van der Waals surface area contributed by atoms with Gasteiger partial charge in [-0.1, -0.05) is 48.0 Å². The van der Waals surface area contributed by atoms with Crippen LogP contribution >= 0.6 is 11.6 Å². The van der Waals surface area contributed by atoms with Crippen molar-refractivity contribution in [2.45, 2.75) is 12.3 Å². The number of halogens is 1. The van der Waals surface area contributed by atoms with Crippen molar-refractivity contribution in [3.8, 4) is 0 Å². The van der Waals surface area contributed by atoms with Crippen LogP contribution in [0.2, 0.25) is 5.02 Å². The van der Waals surface area contributed by atoms with Gasteiger partial charge in [-0.2, -0.15) is 0 Å². The fourth-order valence-electron chi connectivity index (χ4n) is 1.94. The van der Waals surface area contributed by atoms with E-state index >= 15 is 0 Å². The normalized spacial score (nSPS) is 11.8. The minimum Gasteiger partial charge on any atom is -0.398 e. The molecule has 2 N–H and O–H groups in total. The van der Waals surface area contributed by atoms with Gasteiger partial charge in [0.25, 0.3) is 0 Å². The Balaban J connectivity index is 2.16. The molecule has 0 spiro atoms. The molecule has 0 aliphatic heterocycles. The van der Waals surface area contributed by atoms with E-state index < -0.39 is 10.0 Å². The molecule has 4 nitrogen and oxygen atoms in total. The molecule has 2 aromatic rings. The molecule has 2 aromatic carbocycles. The minimum atomic E-state index is -3.46. The molecule has 0 saturated carbocycles. The zero-order valence-corrected chi connectivity index (χ0v) is 13.2. The lowest BCUT2D eigenvalue weighted by Crippen LogP contribution is -2.28. The van der Waals surface area contributed by atoms with Gasteiger partial charge in [0.15, 0.2) is 0 Å². The number of hydrogen-bond donors (Lipinski definition) is 1. The van der Waals surface area contributed by atoms with Crippen LogP contribution in [0.25, 0.3) is 0 Å². The van der Waals surface area contributed by atoms with Crippen LogP contribution in [0.15, 0.2) is 48.5 Å². The van der Waals surface area contributed by atoms with Crippen LogP contribution in [-0.4, -0.2) is 19.8 Å². The molecule has 0 amide bonds. The van der Waals surface area contributed by atoms with Crippen molar-refractivity contribution >= 4 is 27.3 Å². The highest BCUT2D eigenvalue weighted by atomic mass is 35.5. The summed E-state index contributed by atoms with van der Waals surface area (Å²) in [5.41, 5.74) is 7.65. The van der Waals surface area contributed by atoms with E-state index in [0.717, 1.165) is 5.56 Å². The van der Waals surface area contributed by atoms with Crippen molar-refractivity contribution < 1.29 is 8.42 Å². The van der Waals surface area contributed by atoms with Gasteiger partial charge in [0.05, 0.1) is 5.75 Å². The summed E-state index contributed by atoms with van der Waals surface area (Å²) < 4.78 is 26.1. The first-order valence-electron chi connectivity index (χ1n) is 6.41. The third kappa shape index (κ3) is 3.97. The summed E-state index contributed by atoms with van der Waals surface area (Å²) in [6.45, 7) is 0.231. The van der Waals surface area contributed by atoms with E-state index in [2.05, 4.69) is 0 Å². The molecule has 0 saturated heterocycles. The second-order valence-electron chi connectivity index (χ2n) is 4.80. The quantitative estimate of drug-likeness (QED) is 0.860. The average Bonchev–Trinajstić information content (AvgIpc) is 2.43. The highest BCUT2D eigenvalue weighted by Gasteiger charge is 2.20. The largest absolute Gasteiger partial charge is 0.398 e. The van der Waals surface area contributed by atoms with Crippen molar-refractivity contribution in [2.24, 2.45) is 0 Å². The number of rotatable bonds is 5. The van der Waals surface area contributed by atoms with Crippen LogP contribution in [-0.2, 0) is 22.3 Å². The van der Waals surface area contributed by atoms with Gasteiger partial charge in [-0.15, -0.1) is 0 Å². The van der Waals surface area contributed by atoms with Gasteiger partial charge in [-0.25, -0.2) is 12.7 Å². The Morgan fingerprint density at radius 3 is 2.24 bits per heavy atom. The average molecular weight is 325 g/mol. The van der Waals surface area contributed by atoms with E-state index in [1.54, 1.807) is 30.3 Å². The molecular formula is C15H17ClN2O2S. The smallest absolute Gasteiger partial charge is 0.218 e. The number of para-hydroxylation sites is 1.